The molecule has 2 heterocycles. The number of ether oxygens (including phenoxy) is 1. The number of hydrogen-bond acceptors (Lipinski definition) is 5. The molecule has 0 bridgehead atoms. The van der Waals surface area contributed by atoms with Crippen LogP contribution in [0.4, 0.5) is 5.69 Å². The lowest BCUT2D eigenvalue weighted by Crippen LogP contribution is -2.28. The van der Waals surface area contributed by atoms with Crippen LogP contribution in [0.5, 0.6) is 11.6 Å². The Balaban J connectivity index is 1.46. The normalized spacial score (nSPS) is 11.8. The number of anilines is 1. The van der Waals surface area contributed by atoms with Crippen LogP contribution in [0.25, 0.3) is 11.4 Å². The molecule has 4 aromatic rings. The number of fused-ring (bicyclic) bond motifs is 2. The summed E-state index contributed by atoms with van der Waals surface area (Å²) >= 11 is 1.43. The summed E-state index contributed by atoms with van der Waals surface area (Å²) in [4.78, 5) is 24.1. The fraction of sp³-hybridized carbons (Fsp3) is 0.115. The van der Waals surface area contributed by atoms with Crippen LogP contribution in [-0.4, -0.2) is 28.7 Å². The first-order valence-corrected chi connectivity index (χ1v) is 11.3. The summed E-state index contributed by atoms with van der Waals surface area (Å²) in [6, 6.07) is 27.4. The summed E-state index contributed by atoms with van der Waals surface area (Å²) in [5.74, 6) is 2.24. The van der Waals surface area contributed by atoms with Gasteiger partial charge in [0.2, 0.25) is 11.8 Å². The fourth-order valence-corrected chi connectivity index (χ4v) is 4.52. The van der Waals surface area contributed by atoms with E-state index in [1.807, 2.05) is 84.9 Å². The van der Waals surface area contributed by atoms with E-state index in [2.05, 4.69) is 0 Å². The van der Waals surface area contributed by atoms with Gasteiger partial charge in [0.25, 0.3) is 0 Å². The molecular weight excluding hydrogens is 418 g/mol. The zero-order chi connectivity index (χ0) is 21.9. The average molecular weight is 440 g/mol. The lowest BCUT2D eigenvalue weighted by Gasteiger charge is -2.22. The summed E-state index contributed by atoms with van der Waals surface area (Å²) < 4.78 is 6.14. The second-order valence-electron chi connectivity index (χ2n) is 7.47. The third kappa shape index (κ3) is 4.09. The van der Waals surface area contributed by atoms with Crippen LogP contribution in [0.15, 0.2) is 90.0 Å². The Morgan fingerprint density at radius 3 is 2.41 bits per heavy atom. The second kappa shape index (κ2) is 8.85. The fourth-order valence-electron chi connectivity index (χ4n) is 3.58. The van der Waals surface area contributed by atoms with Gasteiger partial charge < -0.3 is 9.64 Å². The number of aromatic nitrogens is 2. The van der Waals surface area contributed by atoms with Crippen molar-refractivity contribution in [2.24, 2.45) is 0 Å². The molecule has 0 aliphatic carbocycles. The number of rotatable bonds is 5. The minimum Gasteiger partial charge on any atom is -0.438 e. The zero-order valence-electron chi connectivity index (χ0n) is 17.6. The molecule has 0 radical (unpaired) electrons. The third-order valence-electron chi connectivity index (χ3n) is 5.36. The topological polar surface area (TPSA) is 55.3 Å². The van der Waals surface area contributed by atoms with Crippen LogP contribution in [0.1, 0.15) is 11.1 Å². The molecule has 1 aromatic heterocycles. The summed E-state index contributed by atoms with van der Waals surface area (Å²) in [7, 11) is 1.79. The van der Waals surface area contributed by atoms with Crippen LogP contribution >= 0.6 is 11.8 Å². The molecule has 5 rings (SSSR count). The lowest BCUT2D eigenvalue weighted by molar-refractivity contribution is -0.115. The van der Waals surface area contributed by atoms with E-state index in [9.17, 15) is 4.79 Å². The largest absolute Gasteiger partial charge is 0.438 e. The van der Waals surface area contributed by atoms with Crippen molar-refractivity contribution in [2.75, 3.05) is 17.7 Å². The lowest BCUT2D eigenvalue weighted by atomic mass is 10.0. The maximum atomic E-state index is 12.9. The molecule has 5 nitrogen and oxygen atoms in total. The highest BCUT2D eigenvalue weighted by Crippen LogP contribution is 2.40. The highest BCUT2D eigenvalue weighted by Gasteiger charge is 2.25. The molecule has 6 heteroatoms. The van der Waals surface area contributed by atoms with Crippen LogP contribution < -0.4 is 9.64 Å². The average Bonchev–Trinajstić information content (AvgIpc) is 2.86. The molecule has 158 valence electrons. The zero-order valence-corrected chi connectivity index (χ0v) is 18.4. The van der Waals surface area contributed by atoms with Crippen molar-refractivity contribution in [2.45, 2.75) is 11.4 Å². The molecule has 0 spiro atoms. The van der Waals surface area contributed by atoms with E-state index >= 15 is 0 Å². The molecule has 0 N–H and O–H groups in total. The van der Waals surface area contributed by atoms with E-state index < -0.39 is 0 Å². The molecule has 1 aliphatic rings. The number of carbonyl (C=O) groups excluding carboxylic acids is 1. The Morgan fingerprint density at radius 2 is 1.62 bits per heavy atom. The molecule has 0 saturated carbocycles. The van der Waals surface area contributed by atoms with Gasteiger partial charge in [-0.15, -0.1) is 0 Å². The number of nitrogens with zero attached hydrogens (tertiary/aromatic N) is 3. The molecule has 0 saturated heterocycles. The Hall–Kier alpha value is -3.64. The third-order valence-corrected chi connectivity index (χ3v) is 6.36. The monoisotopic (exact) mass is 439 g/mol. The Labute approximate surface area is 191 Å². The molecule has 3 aromatic carbocycles. The first kappa shape index (κ1) is 20.3. The smallest absolute Gasteiger partial charge is 0.237 e. The van der Waals surface area contributed by atoms with Crippen molar-refractivity contribution in [1.82, 2.24) is 9.97 Å². The molecule has 32 heavy (non-hydrogen) atoms. The van der Waals surface area contributed by atoms with E-state index in [0.29, 0.717) is 18.1 Å². The van der Waals surface area contributed by atoms with Crippen molar-refractivity contribution in [3.63, 3.8) is 0 Å². The first-order valence-electron chi connectivity index (χ1n) is 10.4. The predicted octanol–water partition coefficient (Wildman–Crippen LogP) is 5.60. The van der Waals surface area contributed by atoms with E-state index in [0.717, 1.165) is 33.2 Å². The van der Waals surface area contributed by atoms with Gasteiger partial charge in [0, 0.05) is 24.7 Å². The van der Waals surface area contributed by atoms with Gasteiger partial charge in [0.15, 0.2) is 5.82 Å². The summed E-state index contributed by atoms with van der Waals surface area (Å²) in [6.07, 6.45) is 0.672. The highest BCUT2D eigenvalue weighted by atomic mass is 32.2. The van der Waals surface area contributed by atoms with Gasteiger partial charge >= 0.3 is 0 Å². The molecule has 1 aliphatic heterocycles. The van der Waals surface area contributed by atoms with Crippen molar-refractivity contribution < 1.29 is 9.53 Å². The Bertz CT molecular complexity index is 1260. The highest BCUT2D eigenvalue weighted by molar-refractivity contribution is 8.00. The quantitative estimate of drug-likeness (QED) is 0.264. The number of para-hydroxylation sites is 2. The Kier molecular flexibility index (Phi) is 5.60. The van der Waals surface area contributed by atoms with Crippen molar-refractivity contribution in [3.05, 3.63) is 96.1 Å². The van der Waals surface area contributed by atoms with Gasteiger partial charge in [0.05, 0.1) is 11.3 Å². The minimum atomic E-state index is 0.00644. The number of carbonyl (C=O) groups is 1. The number of benzene rings is 3. The number of thioether (sulfide) groups is 1. The van der Waals surface area contributed by atoms with Gasteiger partial charge in [-0.3, -0.25) is 4.79 Å². The molecule has 0 unspecified atom stereocenters. The van der Waals surface area contributed by atoms with Gasteiger partial charge in [0.1, 0.15) is 10.8 Å². The minimum absolute atomic E-state index is 0.00644. The van der Waals surface area contributed by atoms with Gasteiger partial charge in [-0.05, 0) is 23.8 Å². The van der Waals surface area contributed by atoms with E-state index in [-0.39, 0.29) is 11.7 Å². The second-order valence-corrected chi connectivity index (χ2v) is 8.43. The summed E-state index contributed by atoms with van der Waals surface area (Å²) in [5, 5.41) is 0.776. The maximum Gasteiger partial charge on any atom is 0.237 e. The summed E-state index contributed by atoms with van der Waals surface area (Å²) in [5.41, 5.74) is 3.78. The molecule has 0 fully saturated rings. The first-order chi connectivity index (χ1) is 15.7. The molecule has 1 amide bonds. The standard InChI is InChI=1S/C26H21N3O2S/c1-29(20-13-6-3-7-14-20)23(30)17-32-26-21-16-19-12-8-9-15-22(19)31-25(21)27-24(28-26)18-10-4-2-5-11-18/h2-15H,16-17H2,1H3. The van der Waals surface area contributed by atoms with Crippen molar-refractivity contribution >= 4 is 23.4 Å². The van der Waals surface area contributed by atoms with E-state index in [4.69, 9.17) is 14.7 Å². The maximum absolute atomic E-state index is 12.9. The van der Waals surface area contributed by atoms with Crippen LogP contribution in [0, 0.1) is 0 Å². The van der Waals surface area contributed by atoms with Gasteiger partial charge in [-0.25, -0.2) is 4.98 Å². The SMILES string of the molecule is CN(C(=O)CSc1nc(-c2ccccc2)nc2c1Cc1ccccc1O2)c1ccccc1. The van der Waals surface area contributed by atoms with E-state index in [1.54, 1.807) is 11.9 Å². The van der Waals surface area contributed by atoms with Crippen LogP contribution in [0.3, 0.4) is 0 Å². The number of hydrogen-bond donors (Lipinski definition) is 0. The van der Waals surface area contributed by atoms with Gasteiger partial charge in [-0.2, -0.15) is 4.98 Å². The predicted molar refractivity (Wildman–Crippen MR) is 127 cm³/mol. The summed E-state index contributed by atoms with van der Waals surface area (Å²) in [6.45, 7) is 0. The molecule has 0 atom stereocenters. The van der Waals surface area contributed by atoms with Gasteiger partial charge in [-0.1, -0.05) is 78.5 Å². The molecular formula is C26H21N3O2S. The van der Waals surface area contributed by atoms with Crippen molar-refractivity contribution in [1.29, 1.82) is 0 Å². The van der Waals surface area contributed by atoms with Crippen LogP contribution in [-0.2, 0) is 11.2 Å². The van der Waals surface area contributed by atoms with Crippen molar-refractivity contribution in [3.8, 4) is 23.0 Å². The number of amides is 1. The van der Waals surface area contributed by atoms with E-state index in [1.165, 1.54) is 11.8 Å². The van der Waals surface area contributed by atoms with Crippen LogP contribution in [0.2, 0.25) is 0 Å². The Morgan fingerprint density at radius 1 is 0.938 bits per heavy atom.